The zero-order valence-corrected chi connectivity index (χ0v) is 11.5. The van der Waals surface area contributed by atoms with Gasteiger partial charge in [0.15, 0.2) is 0 Å². The van der Waals surface area contributed by atoms with Crippen LogP contribution in [-0.2, 0) is 23.8 Å². The molecular weight excluding hydrogens is 288 g/mol. The largest absolute Gasteiger partial charge is 0.457 e. The smallest absolute Gasteiger partial charge is 0.330 e. The van der Waals surface area contributed by atoms with Crippen LogP contribution in [0.25, 0.3) is 0 Å². The Balaban J connectivity index is 2.10. The van der Waals surface area contributed by atoms with E-state index in [1.165, 1.54) is 0 Å². The molecule has 2 saturated carbocycles. The minimum atomic E-state index is -3.94. The van der Waals surface area contributed by atoms with Crippen molar-refractivity contribution in [2.45, 2.75) is 30.3 Å². The number of carbonyl (C=O) groups excluding carboxylic acids is 1. The Morgan fingerprint density at radius 3 is 2.70 bits per heavy atom. The third-order valence-corrected chi connectivity index (χ3v) is 6.78. The molecule has 112 valence electrons. The van der Waals surface area contributed by atoms with Gasteiger partial charge in [-0.3, -0.25) is 4.18 Å². The average molecular weight is 304 g/mol. The monoisotopic (exact) mass is 304 g/mol. The van der Waals surface area contributed by atoms with Crippen LogP contribution in [0.15, 0.2) is 12.7 Å². The van der Waals surface area contributed by atoms with Crippen LogP contribution in [0.2, 0.25) is 0 Å². The van der Waals surface area contributed by atoms with Gasteiger partial charge in [-0.15, -0.1) is 0 Å². The minimum absolute atomic E-state index is 0.245. The number of aliphatic hydroxyl groups is 2. The molecular formula is C12H16O7S. The first-order chi connectivity index (χ1) is 9.35. The Bertz CT molecular complexity index is 570. The van der Waals surface area contributed by atoms with Gasteiger partial charge in [-0.2, -0.15) is 8.42 Å². The fourth-order valence-electron chi connectivity index (χ4n) is 4.15. The van der Waals surface area contributed by atoms with E-state index in [1.807, 2.05) is 0 Å². The van der Waals surface area contributed by atoms with Crippen LogP contribution in [0.5, 0.6) is 0 Å². The molecule has 3 rings (SSSR count). The maximum Gasteiger partial charge on any atom is 0.330 e. The highest BCUT2D eigenvalue weighted by Crippen LogP contribution is 2.68. The standard InChI is InChI=1S/C12H16O7S/c1-2-8(15)18-9-10-12(6-14)4-11(9,5-13)3-7(12)19-20(10,16)17/h2,7,9-10,13-14H,1,3-6H2. The second-order valence-corrected chi connectivity index (χ2v) is 7.54. The first-order valence-corrected chi connectivity index (χ1v) is 7.79. The van der Waals surface area contributed by atoms with Crippen molar-refractivity contribution in [3.63, 3.8) is 0 Å². The summed E-state index contributed by atoms with van der Waals surface area (Å²) in [5.74, 6) is -0.748. The lowest BCUT2D eigenvalue weighted by Crippen LogP contribution is -2.51. The zero-order valence-electron chi connectivity index (χ0n) is 10.7. The molecule has 20 heavy (non-hydrogen) atoms. The van der Waals surface area contributed by atoms with Crippen LogP contribution in [0.3, 0.4) is 0 Å². The van der Waals surface area contributed by atoms with Gasteiger partial charge in [0.1, 0.15) is 11.4 Å². The molecule has 0 aromatic heterocycles. The molecule has 3 aliphatic rings. The summed E-state index contributed by atoms with van der Waals surface area (Å²) < 4.78 is 34.6. The second-order valence-electron chi connectivity index (χ2n) is 5.85. The fourth-order valence-corrected chi connectivity index (χ4v) is 6.38. The summed E-state index contributed by atoms with van der Waals surface area (Å²) in [4.78, 5) is 11.5. The Morgan fingerprint density at radius 2 is 2.15 bits per heavy atom. The van der Waals surface area contributed by atoms with Gasteiger partial charge in [0, 0.05) is 16.9 Å². The summed E-state index contributed by atoms with van der Waals surface area (Å²) in [5.41, 5.74) is -1.87. The molecule has 1 aliphatic heterocycles. The zero-order chi connectivity index (χ0) is 14.8. The molecule has 7 nitrogen and oxygen atoms in total. The van der Waals surface area contributed by atoms with Gasteiger partial charge in [0.05, 0.1) is 19.3 Å². The molecule has 3 fully saturated rings. The molecule has 0 spiro atoms. The summed E-state index contributed by atoms with van der Waals surface area (Å²) in [5, 5.41) is 18.3. The Kier molecular flexibility index (Phi) is 2.82. The number of hydrogen-bond donors (Lipinski definition) is 2. The second kappa shape index (κ2) is 4.03. The van der Waals surface area contributed by atoms with E-state index in [4.69, 9.17) is 8.92 Å². The topological polar surface area (TPSA) is 110 Å². The molecule has 1 saturated heterocycles. The molecule has 0 radical (unpaired) electrons. The molecule has 2 bridgehead atoms. The highest BCUT2D eigenvalue weighted by molar-refractivity contribution is 7.87. The highest BCUT2D eigenvalue weighted by atomic mass is 32.2. The van der Waals surface area contributed by atoms with Crippen molar-refractivity contribution in [2.24, 2.45) is 10.8 Å². The van der Waals surface area contributed by atoms with E-state index in [2.05, 4.69) is 6.58 Å². The quantitative estimate of drug-likeness (QED) is 0.387. The van der Waals surface area contributed by atoms with Gasteiger partial charge in [0.25, 0.3) is 10.1 Å². The normalized spacial score (nSPS) is 47.4. The third kappa shape index (κ3) is 1.45. The number of fused-ring (bicyclic) bond motifs is 1. The summed E-state index contributed by atoms with van der Waals surface area (Å²) in [6, 6.07) is 0. The minimum Gasteiger partial charge on any atom is -0.457 e. The SMILES string of the molecule is C=CC(=O)OC1C2C3(CO)CC1(CO)CC3OS2(=O)=O. The molecule has 5 unspecified atom stereocenters. The van der Waals surface area contributed by atoms with Crippen molar-refractivity contribution in [3.05, 3.63) is 12.7 Å². The van der Waals surface area contributed by atoms with Crippen LogP contribution < -0.4 is 0 Å². The van der Waals surface area contributed by atoms with Gasteiger partial charge < -0.3 is 14.9 Å². The molecule has 8 heteroatoms. The molecule has 0 aromatic carbocycles. The lowest BCUT2D eigenvalue weighted by molar-refractivity contribution is -0.152. The van der Waals surface area contributed by atoms with Crippen molar-refractivity contribution >= 4 is 16.1 Å². The number of ether oxygens (including phenoxy) is 1. The predicted molar refractivity (Wildman–Crippen MR) is 65.9 cm³/mol. The lowest BCUT2D eigenvalue weighted by atomic mass is 9.78. The molecule has 2 aliphatic carbocycles. The van der Waals surface area contributed by atoms with Crippen LogP contribution >= 0.6 is 0 Å². The number of carbonyl (C=O) groups is 1. The van der Waals surface area contributed by atoms with E-state index in [1.54, 1.807) is 0 Å². The van der Waals surface area contributed by atoms with Gasteiger partial charge in [-0.25, -0.2) is 4.79 Å². The summed E-state index contributed by atoms with van der Waals surface area (Å²) in [7, 11) is -3.94. The summed E-state index contributed by atoms with van der Waals surface area (Å²) >= 11 is 0. The van der Waals surface area contributed by atoms with Crippen molar-refractivity contribution in [1.29, 1.82) is 0 Å². The lowest BCUT2D eigenvalue weighted by Gasteiger charge is -2.35. The number of esters is 1. The molecule has 2 N–H and O–H groups in total. The van der Waals surface area contributed by atoms with Crippen LogP contribution in [-0.4, -0.2) is 55.3 Å². The highest BCUT2D eigenvalue weighted by Gasteiger charge is 2.79. The summed E-state index contributed by atoms with van der Waals surface area (Å²) in [6.07, 6.45) is -0.226. The van der Waals surface area contributed by atoms with Crippen LogP contribution in [0.4, 0.5) is 0 Å². The summed E-state index contributed by atoms with van der Waals surface area (Å²) in [6.45, 7) is 2.57. The van der Waals surface area contributed by atoms with E-state index in [-0.39, 0.29) is 26.1 Å². The van der Waals surface area contributed by atoms with E-state index < -0.39 is 44.4 Å². The number of rotatable bonds is 4. The van der Waals surface area contributed by atoms with Crippen LogP contribution in [0.1, 0.15) is 12.8 Å². The van der Waals surface area contributed by atoms with Gasteiger partial charge >= 0.3 is 5.97 Å². The number of hydrogen-bond acceptors (Lipinski definition) is 7. The molecule has 1 heterocycles. The first-order valence-electron chi connectivity index (χ1n) is 6.32. The third-order valence-electron chi connectivity index (χ3n) is 4.94. The molecule has 0 aromatic rings. The van der Waals surface area contributed by atoms with Gasteiger partial charge in [0.2, 0.25) is 0 Å². The van der Waals surface area contributed by atoms with E-state index in [0.717, 1.165) is 6.08 Å². The van der Waals surface area contributed by atoms with E-state index in [0.29, 0.717) is 0 Å². The van der Waals surface area contributed by atoms with Crippen molar-refractivity contribution < 1.29 is 32.3 Å². The molecule has 5 atom stereocenters. The van der Waals surface area contributed by atoms with Crippen molar-refractivity contribution in [3.8, 4) is 0 Å². The van der Waals surface area contributed by atoms with E-state index in [9.17, 15) is 23.4 Å². The first kappa shape index (κ1) is 14.0. The maximum absolute atomic E-state index is 12.2. The number of aliphatic hydroxyl groups excluding tert-OH is 2. The average Bonchev–Trinajstić information content (AvgIpc) is 2.91. The van der Waals surface area contributed by atoms with Crippen molar-refractivity contribution in [2.75, 3.05) is 13.2 Å². The Hall–Kier alpha value is -0.960. The molecule has 0 amide bonds. The Morgan fingerprint density at radius 1 is 1.45 bits per heavy atom. The maximum atomic E-state index is 12.2. The van der Waals surface area contributed by atoms with E-state index >= 15 is 0 Å². The predicted octanol–water partition coefficient (Wildman–Crippen LogP) is -1.05. The van der Waals surface area contributed by atoms with Crippen LogP contribution in [0, 0.1) is 10.8 Å². The fraction of sp³-hybridized carbons (Fsp3) is 0.750. The van der Waals surface area contributed by atoms with Gasteiger partial charge in [-0.05, 0) is 12.8 Å². The van der Waals surface area contributed by atoms with Gasteiger partial charge in [-0.1, -0.05) is 6.58 Å². The Labute approximate surface area is 116 Å². The van der Waals surface area contributed by atoms with Crippen molar-refractivity contribution in [1.82, 2.24) is 0 Å².